The average Bonchev–Trinajstić information content (AvgIpc) is 3.21. The van der Waals surface area contributed by atoms with Crippen molar-refractivity contribution >= 4 is 34.5 Å². The number of carbonyl (C=O) groups is 1. The molecule has 2 aromatic heterocycles. The van der Waals surface area contributed by atoms with Crippen LogP contribution in [0.15, 0.2) is 59.8 Å². The Morgan fingerprint density at radius 2 is 1.97 bits per heavy atom. The number of hydrogen-bond donors (Lipinski definition) is 2. The van der Waals surface area contributed by atoms with Gasteiger partial charge in [0, 0.05) is 22.0 Å². The summed E-state index contributed by atoms with van der Waals surface area (Å²) in [5.74, 6) is -0.912. The summed E-state index contributed by atoms with van der Waals surface area (Å²) in [6, 6.07) is 9.29. The van der Waals surface area contributed by atoms with Crippen LogP contribution in [0.2, 0.25) is 0 Å². The molecule has 0 atom stereocenters. The van der Waals surface area contributed by atoms with Crippen molar-refractivity contribution in [1.82, 2.24) is 9.97 Å². The van der Waals surface area contributed by atoms with Crippen LogP contribution in [-0.4, -0.2) is 22.9 Å². The summed E-state index contributed by atoms with van der Waals surface area (Å²) in [6.07, 6.45) is -1.54. The first-order chi connectivity index (χ1) is 15.7. The smallest absolute Gasteiger partial charge is 0.416 e. The van der Waals surface area contributed by atoms with Crippen LogP contribution in [0.5, 0.6) is 5.75 Å². The maximum atomic E-state index is 15.4. The second-order valence-corrected chi connectivity index (χ2v) is 8.03. The maximum absolute atomic E-state index is 15.4. The van der Waals surface area contributed by atoms with E-state index in [0.29, 0.717) is 22.3 Å². The number of rotatable bonds is 6. The number of ether oxygens (including phenoxy) is 1. The third kappa shape index (κ3) is 4.51. The number of H-pyrrole nitrogens is 1. The number of aromatic amines is 1. The van der Waals surface area contributed by atoms with Crippen LogP contribution in [0, 0.1) is 12.7 Å². The number of aryl methyl sites for hydroxylation is 1. The summed E-state index contributed by atoms with van der Waals surface area (Å²) >= 11 is 0.815. The topological polar surface area (TPSA) is 67.0 Å². The Bertz CT molecular complexity index is 1350. The monoisotopic (exact) mass is 475 g/mol. The lowest BCUT2D eigenvalue weighted by Gasteiger charge is -2.13. The highest BCUT2D eigenvalue weighted by molar-refractivity contribution is 8.00. The number of methoxy groups -OCH3 is 1. The third-order valence-corrected chi connectivity index (χ3v) is 5.82. The summed E-state index contributed by atoms with van der Waals surface area (Å²) in [5, 5.41) is 0.481. The molecule has 2 aromatic carbocycles. The van der Waals surface area contributed by atoms with E-state index < -0.39 is 23.3 Å². The number of carbonyl (C=O) groups excluding carboxylic acids is 1. The predicted molar refractivity (Wildman–Crippen MR) is 118 cm³/mol. The minimum Gasteiger partial charge on any atom is -0.495 e. The molecule has 4 aromatic rings. The van der Waals surface area contributed by atoms with Gasteiger partial charge in [-0.1, -0.05) is 12.1 Å². The SMILES string of the molecule is COc1cnc2[nH]cc(C(=O)c3c(C)ccc(NSc4cccc(C(F)(F)F)c4)c3F)c2c1. The van der Waals surface area contributed by atoms with Gasteiger partial charge in [-0.25, -0.2) is 9.37 Å². The Balaban J connectivity index is 1.65. The van der Waals surface area contributed by atoms with E-state index in [9.17, 15) is 18.0 Å². The van der Waals surface area contributed by atoms with Crippen LogP contribution < -0.4 is 9.46 Å². The number of ketones is 1. The van der Waals surface area contributed by atoms with E-state index in [0.717, 1.165) is 24.1 Å². The van der Waals surface area contributed by atoms with Crippen LogP contribution in [0.4, 0.5) is 23.2 Å². The summed E-state index contributed by atoms with van der Waals surface area (Å²) < 4.78 is 62.0. The Kier molecular flexibility index (Phi) is 6.03. The Morgan fingerprint density at radius 1 is 1.18 bits per heavy atom. The number of alkyl halides is 3. The van der Waals surface area contributed by atoms with Gasteiger partial charge in [-0.05, 0) is 54.8 Å². The highest BCUT2D eigenvalue weighted by atomic mass is 32.2. The Hall–Kier alpha value is -3.53. The van der Waals surface area contributed by atoms with Crippen molar-refractivity contribution in [2.45, 2.75) is 18.0 Å². The van der Waals surface area contributed by atoms with Gasteiger partial charge in [0.05, 0.1) is 30.1 Å². The van der Waals surface area contributed by atoms with Gasteiger partial charge < -0.3 is 14.4 Å². The number of nitrogens with zero attached hydrogens (tertiary/aromatic N) is 1. The minimum absolute atomic E-state index is 0.0260. The van der Waals surface area contributed by atoms with E-state index >= 15 is 4.39 Å². The van der Waals surface area contributed by atoms with Crippen molar-refractivity contribution in [2.24, 2.45) is 0 Å². The van der Waals surface area contributed by atoms with E-state index in [1.165, 1.54) is 37.7 Å². The van der Waals surface area contributed by atoms with Crippen molar-refractivity contribution in [3.63, 3.8) is 0 Å². The molecule has 0 saturated heterocycles. The summed E-state index contributed by atoms with van der Waals surface area (Å²) in [7, 11) is 1.47. The van der Waals surface area contributed by atoms with Gasteiger partial charge in [0.15, 0.2) is 11.6 Å². The lowest BCUT2D eigenvalue weighted by molar-refractivity contribution is -0.137. The summed E-state index contributed by atoms with van der Waals surface area (Å²) in [5.41, 5.74) is 0.109. The fourth-order valence-corrected chi connectivity index (χ4v) is 4.02. The first-order valence-corrected chi connectivity index (χ1v) is 10.5. The lowest BCUT2D eigenvalue weighted by atomic mass is 9.98. The molecule has 0 aliphatic carbocycles. The van der Waals surface area contributed by atoms with Crippen LogP contribution >= 0.6 is 11.9 Å². The normalized spacial score (nSPS) is 11.6. The fraction of sp³-hybridized carbons (Fsp3) is 0.130. The number of nitrogens with one attached hydrogen (secondary N) is 2. The van der Waals surface area contributed by atoms with Crippen molar-refractivity contribution < 1.29 is 27.1 Å². The van der Waals surface area contributed by atoms with Crippen LogP contribution in [0.25, 0.3) is 11.0 Å². The number of anilines is 1. The molecule has 0 aliphatic rings. The summed E-state index contributed by atoms with van der Waals surface area (Å²) in [4.78, 5) is 20.6. The van der Waals surface area contributed by atoms with Crippen molar-refractivity contribution in [3.05, 3.63) is 82.9 Å². The second-order valence-electron chi connectivity index (χ2n) is 7.15. The molecule has 0 radical (unpaired) electrons. The summed E-state index contributed by atoms with van der Waals surface area (Å²) in [6.45, 7) is 1.60. The van der Waals surface area contributed by atoms with Crippen molar-refractivity contribution in [2.75, 3.05) is 11.8 Å². The molecule has 2 heterocycles. The molecule has 0 saturated carbocycles. The van der Waals surface area contributed by atoms with Gasteiger partial charge in [0.1, 0.15) is 11.4 Å². The van der Waals surface area contributed by atoms with Gasteiger partial charge in [0.25, 0.3) is 0 Å². The minimum atomic E-state index is -4.48. The standard InChI is InChI=1S/C23H17F4N3O2S/c1-12-6-7-18(30-33-15-5-3-4-13(8-15)23(25,26)27)20(24)19(12)21(31)17-11-29-22-16(17)9-14(32-2)10-28-22/h3-11,30H,1-2H3,(H,28,29). The van der Waals surface area contributed by atoms with Crippen LogP contribution in [-0.2, 0) is 6.18 Å². The Morgan fingerprint density at radius 3 is 2.70 bits per heavy atom. The van der Waals surface area contributed by atoms with Gasteiger partial charge in [0.2, 0.25) is 0 Å². The van der Waals surface area contributed by atoms with E-state index in [2.05, 4.69) is 14.7 Å². The zero-order chi connectivity index (χ0) is 23.8. The highest BCUT2D eigenvalue weighted by Crippen LogP contribution is 2.34. The third-order valence-electron chi connectivity index (χ3n) is 5.00. The van der Waals surface area contributed by atoms with E-state index in [1.807, 2.05) is 0 Å². The second kappa shape index (κ2) is 8.78. The predicted octanol–water partition coefficient (Wildman–Crippen LogP) is 6.39. The largest absolute Gasteiger partial charge is 0.495 e. The number of halogens is 4. The highest BCUT2D eigenvalue weighted by Gasteiger charge is 2.30. The molecule has 0 fully saturated rings. The van der Waals surface area contributed by atoms with Crippen LogP contribution in [0.3, 0.4) is 0 Å². The first-order valence-electron chi connectivity index (χ1n) is 9.64. The molecule has 5 nitrogen and oxygen atoms in total. The zero-order valence-corrected chi connectivity index (χ0v) is 18.2. The first kappa shape index (κ1) is 22.7. The molecule has 0 spiro atoms. The zero-order valence-electron chi connectivity index (χ0n) is 17.4. The molecule has 170 valence electrons. The molecular weight excluding hydrogens is 458 g/mol. The molecule has 4 rings (SSSR count). The van der Waals surface area contributed by atoms with Gasteiger partial charge in [-0.3, -0.25) is 4.79 Å². The number of fused-ring (bicyclic) bond motifs is 1. The quantitative estimate of drug-likeness (QED) is 0.192. The van der Waals surface area contributed by atoms with Gasteiger partial charge in [-0.15, -0.1) is 0 Å². The number of aromatic nitrogens is 2. The molecule has 0 unspecified atom stereocenters. The fourth-order valence-electron chi connectivity index (χ4n) is 3.30. The van der Waals surface area contributed by atoms with Crippen LogP contribution in [0.1, 0.15) is 27.0 Å². The van der Waals surface area contributed by atoms with E-state index in [1.54, 1.807) is 19.1 Å². The van der Waals surface area contributed by atoms with Crippen molar-refractivity contribution in [3.8, 4) is 5.75 Å². The molecule has 0 aliphatic heterocycles. The van der Waals surface area contributed by atoms with E-state index in [4.69, 9.17) is 4.74 Å². The van der Waals surface area contributed by atoms with Gasteiger partial charge in [-0.2, -0.15) is 13.2 Å². The number of hydrogen-bond acceptors (Lipinski definition) is 5. The lowest BCUT2D eigenvalue weighted by Crippen LogP contribution is -2.08. The van der Waals surface area contributed by atoms with Crippen molar-refractivity contribution in [1.29, 1.82) is 0 Å². The average molecular weight is 475 g/mol. The van der Waals surface area contributed by atoms with E-state index in [-0.39, 0.29) is 21.7 Å². The molecule has 2 N–H and O–H groups in total. The van der Waals surface area contributed by atoms with Gasteiger partial charge >= 0.3 is 6.18 Å². The molecular formula is C23H17F4N3O2S. The molecule has 0 bridgehead atoms. The molecule has 33 heavy (non-hydrogen) atoms. The Labute approximate surface area is 190 Å². The number of benzene rings is 2. The maximum Gasteiger partial charge on any atom is 0.416 e. The molecule has 10 heteroatoms. The molecule has 0 amide bonds. The number of pyridine rings is 1.